The Labute approximate surface area is 222 Å². The number of hydrogen-bond acceptors (Lipinski definition) is 0. The van der Waals surface area contributed by atoms with E-state index in [1.807, 2.05) is 0 Å². The molecule has 0 fully saturated rings. The van der Waals surface area contributed by atoms with Gasteiger partial charge in [-0.05, 0) is 0 Å². The summed E-state index contributed by atoms with van der Waals surface area (Å²) in [6.07, 6.45) is 0. The van der Waals surface area contributed by atoms with Gasteiger partial charge in [-0.2, -0.15) is 0 Å². The number of hydrogen-bond donors (Lipinski definition) is 0. The number of rotatable bonds is 0. The van der Waals surface area contributed by atoms with Crippen LogP contribution in [-0.2, 0) is 0 Å². The molecule has 0 spiro atoms. The van der Waals surface area contributed by atoms with Crippen LogP contribution in [-0.4, -0.2) is 228 Å². The molecule has 0 bridgehead atoms. The normalized spacial score (nSPS) is 0. The molecule has 11 heavy (non-hydrogen) atoms. The van der Waals surface area contributed by atoms with Gasteiger partial charge in [0.25, 0.3) is 0 Å². The first kappa shape index (κ1) is 103. The van der Waals surface area contributed by atoms with Gasteiger partial charge in [0, 0.05) is 228 Å². The molecule has 27 radical (unpaired) electrons. The zero-order valence-electron chi connectivity index (χ0n) is 7.62. The van der Waals surface area contributed by atoms with Gasteiger partial charge in [-0.25, -0.2) is 0 Å². The Morgan fingerprint density at radius 2 is 0.182 bits per heavy atom. The summed E-state index contributed by atoms with van der Waals surface area (Å²) in [6.45, 7) is 0. The molecule has 0 aromatic rings. The summed E-state index contributed by atoms with van der Waals surface area (Å²) >= 11 is 0. The van der Waals surface area contributed by atoms with E-state index in [0.717, 1.165) is 0 Å². The van der Waals surface area contributed by atoms with Crippen molar-refractivity contribution in [3.8, 4) is 0 Å². The van der Waals surface area contributed by atoms with Crippen molar-refractivity contribution in [2.24, 2.45) is 0 Å². The van der Waals surface area contributed by atoms with E-state index in [4.69, 9.17) is 0 Å². The predicted molar refractivity (Wildman–Crippen MR) is 63.3 cm³/mol. The maximum Gasteiger partial charge on any atom is 0 e. The smallest absolute Gasteiger partial charge is 0 e. The summed E-state index contributed by atoms with van der Waals surface area (Å²) < 4.78 is 0. The van der Waals surface area contributed by atoms with Gasteiger partial charge in [-0.1, -0.05) is 0 Å². The second-order valence-electron chi connectivity index (χ2n) is 0. The van der Waals surface area contributed by atoms with Crippen LogP contribution < -0.4 is 0 Å². The van der Waals surface area contributed by atoms with Gasteiger partial charge in [0.2, 0.25) is 0 Å². The van der Waals surface area contributed by atoms with Crippen LogP contribution in [0.5, 0.6) is 0 Å². The van der Waals surface area contributed by atoms with Crippen molar-refractivity contribution in [2.45, 2.75) is 0 Å². The Morgan fingerprint density at radius 1 is 0.182 bits per heavy atom. The zero-order valence-corrected chi connectivity index (χ0v) is 22.9. The summed E-state index contributed by atoms with van der Waals surface area (Å²) in [7, 11) is 0. The van der Waals surface area contributed by atoms with Crippen molar-refractivity contribution in [2.75, 3.05) is 0 Å². The summed E-state index contributed by atoms with van der Waals surface area (Å²) in [6, 6.07) is 0. The fraction of sp³-hybridized carbons (Fsp3) is 0. The standard InChI is InChI=1S/8Al.3Na. The molecule has 0 amide bonds. The van der Waals surface area contributed by atoms with Crippen LogP contribution in [0.15, 0.2) is 0 Å². The zero-order chi connectivity index (χ0) is 0. The Balaban J connectivity index is 0. The summed E-state index contributed by atoms with van der Waals surface area (Å²) in [4.78, 5) is 0. The van der Waals surface area contributed by atoms with Crippen LogP contribution in [0, 0.1) is 0 Å². The predicted octanol–water partition coefficient (Wildman–Crippen LogP) is -4.19. The molecule has 0 atom stereocenters. The van der Waals surface area contributed by atoms with Crippen molar-refractivity contribution in [3.63, 3.8) is 0 Å². The average Bonchev–Trinajstić information content (AvgIpc) is 0. The molecular formula is Al8Na3. The molecular weight excluding hydrogens is 285 g/mol. The molecule has 0 unspecified atom stereocenters. The first-order valence-corrected chi connectivity index (χ1v) is 0. The Hall–Kier alpha value is 7.26. The molecule has 0 saturated heterocycles. The van der Waals surface area contributed by atoms with Gasteiger partial charge in [0.1, 0.15) is 0 Å². The van der Waals surface area contributed by atoms with Crippen LogP contribution in [0.2, 0.25) is 0 Å². The minimum atomic E-state index is 0. The third-order valence-electron chi connectivity index (χ3n) is 0. The van der Waals surface area contributed by atoms with Crippen LogP contribution in [0.25, 0.3) is 0 Å². The van der Waals surface area contributed by atoms with Crippen LogP contribution in [0.4, 0.5) is 0 Å². The second kappa shape index (κ2) is 86.6. The first-order valence-electron chi connectivity index (χ1n) is 0. The molecule has 0 nitrogen and oxygen atoms in total. The molecule has 0 saturated carbocycles. The van der Waals surface area contributed by atoms with Crippen LogP contribution in [0.3, 0.4) is 0 Å². The van der Waals surface area contributed by atoms with E-state index in [0.29, 0.717) is 0 Å². The van der Waals surface area contributed by atoms with Gasteiger partial charge in [0.05, 0.1) is 0 Å². The van der Waals surface area contributed by atoms with Gasteiger partial charge in [-0.15, -0.1) is 0 Å². The molecule has 0 aliphatic rings. The van der Waals surface area contributed by atoms with E-state index >= 15 is 0 Å². The minimum absolute atomic E-state index is 0. The van der Waals surface area contributed by atoms with Crippen LogP contribution >= 0.6 is 0 Å². The first-order chi connectivity index (χ1) is 0. The van der Waals surface area contributed by atoms with E-state index in [1.54, 1.807) is 0 Å². The molecule has 0 aromatic heterocycles. The summed E-state index contributed by atoms with van der Waals surface area (Å²) in [5.74, 6) is 0. The van der Waals surface area contributed by atoms with E-state index < -0.39 is 0 Å². The monoisotopic (exact) mass is 285 g/mol. The third-order valence-corrected chi connectivity index (χ3v) is 0. The molecule has 0 N–H and O–H groups in total. The SMILES string of the molecule is [Al].[Al].[Al].[Al].[Al].[Al].[Al].[Al].[Na].[Na].[Na]. The minimum Gasteiger partial charge on any atom is 0 e. The topological polar surface area (TPSA) is 0 Å². The van der Waals surface area contributed by atoms with Gasteiger partial charge >= 0.3 is 0 Å². The molecule has 0 heterocycles. The van der Waals surface area contributed by atoms with E-state index in [-0.39, 0.29) is 228 Å². The van der Waals surface area contributed by atoms with Crippen molar-refractivity contribution >= 4 is 228 Å². The van der Waals surface area contributed by atoms with Crippen LogP contribution in [0.1, 0.15) is 0 Å². The quantitative estimate of drug-likeness (QED) is 0.396. The second-order valence-corrected chi connectivity index (χ2v) is 0. The van der Waals surface area contributed by atoms with Crippen molar-refractivity contribution in [1.29, 1.82) is 0 Å². The fourth-order valence-corrected chi connectivity index (χ4v) is 0. The average molecular weight is 285 g/mol. The van der Waals surface area contributed by atoms with Crippen molar-refractivity contribution < 1.29 is 0 Å². The summed E-state index contributed by atoms with van der Waals surface area (Å²) in [5, 5.41) is 0. The molecule has 27 valence electrons. The van der Waals surface area contributed by atoms with Crippen molar-refractivity contribution in [3.05, 3.63) is 0 Å². The largest absolute Gasteiger partial charge is 0 e. The van der Waals surface area contributed by atoms with E-state index in [9.17, 15) is 0 Å². The van der Waals surface area contributed by atoms with Gasteiger partial charge in [-0.3, -0.25) is 0 Å². The van der Waals surface area contributed by atoms with E-state index in [2.05, 4.69) is 0 Å². The fourth-order valence-electron chi connectivity index (χ4n) is 0. The van der Waals surface area contributed by atoms with Gasteiger partial charge in [0.15, 0.2) is 0 Å². The Kier molecular flexibility index (Phi) is 812. The third kappa shape index (κ3) is 76.3. The Bertz CT molecular complexity index is 9.30. The van der Waals surface area contributed by atoms with Gasteiger partial charge < -0.3 is 0 Å². The Morgan fingerprint density at radius 3 is 0.182 bits per heavy atom. The molecule has 11 heteroatoms. The maximum atomic E-state index is 0. The van der Waals surface area contributed by atoms with Crippen molar-refractivity contribution in [1.82, 2.24) is 0 Å². The maximum absolute atomic E-state index is 0. The van der Waals surface area contributed by atoms with E-state index in [1.165, 1.54) is 0 Å². The molecule has 0 aliphatic carbocycles. The summed E-state index contributed by atoms with van der Waals surface area (Å²) in [5.41, 5.74) is 0. The molecule has 0 rings (SSSR count). The molecule has 0 aliphatic heterocycles. The molecule has 0 aromatic carbocycles.